The number of aliphatic hydroxyl groups is 2. The monoisotopic (exact) mass is 484 g/mol. The second kappa shape index (κ2) is 12.2. The van der Waals surface area contributed by atoms with E-state index in [2.05, 4.69) is 30.7 Å². The number of carbonyl (C=O) groups is 1. The molecular weight excluding hydrogens is 452 g/mol. The Bertz CT molecular complexity index is 1150. The number of hydrogen-bond donors (Lipinski definition) is 4. The fourth-order valence-corrected chi connectivity index (χ4v) is 3.44. The molecule has 0 aliphatic heterocycles. The number of aliphatic hydroxyl groups excluding tert-OH is 2. The van der Waals surface area contributed by atoms with Crippen LogP contribution < -0.4 is 15.4 Å². The molecule has 11 heteroatoms. The lowest BCUT2D eigenvalue weighted by atomic mass is 10.0. The Labute approximate surface area is 204 Å². The summed E-state index contributed by atoms with van der Waals surface area (Å²) in [6, 6.07) is 5.66. The van der Waals surface area contributed by atoms with Gasteiger partial charge in [-0.15, -0.1) is 0 Å². The summed E-state index contributed by atoms with van der Waals surface area (Å²) in [5.74, 6) is 1.36. The number of benzene rings is 1. The van der Waals surface area contributed by atoms with E-state index in [9.17, 15) is 9.90 Å². The van der Waals surface area contributed by atoms with Crippen molar-refractivity contribution in [3.05, 3.63) is 35.0 Å². The highest BCUT2D eigenvalue weighted by molar-refractivity contribution is 5.76. The van der Waals surface area contributed by atoms with Gasteiger partial charge in [-0.1, -0.05) is 19.0 Å². The molecule has 4 N–H and O–H groups in total. The van der Waals surface area contributed by atoms with Gasteiger partial charge >= 0.3 is 0 Å². The molecular formula is C24H32N6O5. The van der Waals surface area contributed by atoms with E-state index in [0.717, 1.165) is 28.8 Å². The number of nitrogens with zero attached hydrogens (tertiary/aromatic N) is 4. The van der Waals surface area contributed by atoms with Gasteiger partial charge in [-0.3, -0.25) is 4.79 Å². The molecule has 2 heterocycles. The average Bonchev–Trinajstić information content (AvgIpc) is 3.36. The molecule has 1 amide bonds. The van der Waals surface area contributed by atoms with Gasteiger partial charge in [0, 0.05) is 24.3 Å². The summed E-state index contributed by atoms with van der Waals surface area (Å²) in [4.78, 5) is 24.6. The van der Waals surface area contributed by atoms with Crippen LogP contribution in [-0.2, 0) is 17.6 Å². The van der Waals surface area contributed by atoms with Crippen LogP contribution in [-0.4, -0.2) is 68.6 Å². The second-order valence-electron chi connectivity index (χ2n) is 7.94. The Balaban J connectivity index is 1.80. The Morgan fingerprint density at radius 3 is 2.63 bits per heavy atom. The van der Waals surface area contributed by atoms with Gasteiger partial charge in [0.25, 0.3) is 5.89 Å². The molecule has 0 spiro atoms. The fourth-order valence-electron chi connectivity index (χ4n) is 3.44. The van der Waals surface area contributed by atoms with Crippen molar-refractivity contribution < 1.29 is 24.3 Å². The van der Waals surface area contributed by atoms with Gasteiger partial charge < -0.3 is 30.1 Å². The van der Waals surface area contributed by atoms with Gasteiger partial charge in [-0.2, -0.15) is 4.98 Å². The first-order valence-corrected chi connectivity index (χ1v) is 11.7. The van der Waals surface area contributed by atoms with Crippen molar-refractivity contribution in [1.29, 1.82) is 0 Å². The van der Waals surface area contributed by atoms with Crippen LogP contribution in [0.4, 0.5) is 5.95 Å². The molecule has 2 aromatic heterocycles. The van der Waals surface area contributed by atoms with Gasteiger partial charge in [-0.25, -0.2) is 9.97 Å². The van der Waals surface area contributed by atoms with E-state index < -0.39 is 18.6 Å². The van der Waals surface area contributed by atoms with Gasteiger partial charge in [0.05, 0.1) is 0 Å². The summed E-state index contributed by atoms with van der Waals surface area (Å²) in [6.07, 6.45) is 0.518. The molecule has 0 bridgehead atoms. The highest BCUT2D eigenvalue weighted by atomic mass is 16.5. The molecule has 0 aliphatic rings. The van der Waals surface area contributed by atoms with E-state index in [1.54, 1.807) is 0 Å². The molecule has 0 saturated carbocycles. The molecule has 0 fully saturated rings. The number of anilines is 1. The zero-order chi connectivity index (χ0) is 25.4. The zero-order valence-corrected chi connectivity index (χ0v) is 20.5. The van der Waals surface area contributed by atoms with Crippen molar-refractivity contribution in [2.24, 2.45) is 0 Å². The van der Waals surface area contributed by atoms with Crippen LogP contribution in [0.25, 0.3) is 23.0 Å². The summed E-state index contributed by atoms with van der Waals surface area (Å²) < 4.78 is 11.4. The molecule has 0 radical (unpaired) electrons. The minimum atomic E-state index is -0.915. The molecule has 188 valence electrons. The van der Waals surface area contributed by atoms with E-state index in [0.29, 0.717) is 42.1 Å². The van der Waals surface area contributed by atoms with Crippen LogP contribution >= 0.6 is 0 Å². The van der Waals surface area contributed by atoms with Gasteiger partial charge in [0.2, 0.25) is 17.7 Å². The molecule has 1 atom stereocenters. The number of rotatable bonds is 12. The maximum atomic E-state index is 11.1. The normalized spacial score (nSPS) is 11.8. The SMILES string of the molecule is CCNc1nc(CC)cc(-c2nc(-c3cc(C)c(OCC(O)CNC(=O)CO)c(CC)c3)no2)n1. The standard InChI is InChI=1S/C24H32N6O5/c1-5-15-9-16(8-14(4)21(15)34-13-18(32)11-26-20(33)12-31)22-29-23(35-30-22)19-10-17(6-2)27-24(28-19)25-7-3/h8-10,18,31-32H,5-7,11-13H2,1-4H3,(H,26,33)(H,25,27,28). The molecule has 0 aliphatic carbocycles. The Morgan fingerprint density at radius 1 is 1.14 bits per heavy atom. The summed E-state index contributed by atoms with van der Waals surface area (Å²) in [5.41, 5.74) is 3.97. The van der Waals surface area contributed by atoms with Crippen molar-refractivity contribution in [3.8, 4) is 28.7 Å². The maximum absolute atomic E-state index is 11.1. The van der Waals surface area contributed by atoms with Crippen molar-refractivity contribution in [2.75, 3.05) is 31.6 Å². The molecule has 35 heavy (non-hydrogen) atoms. The van der Waals surface area contributed by atoms with E-state index in [1.807, 2.05) is 45.9 Å². The lowest BCUT2D eigenvalue weighted by Crippen LogP contribution is -2.36. The third-order valence-corrected chi connectivity index (χ3v) is 5.21. The molecule has 1 aromatic carbocycles. The smallest absolute Gasteiger partial charge is 0.277 e. The van der Waals surface area contributed by atoms with Crippen LogP contribution in [0.5, 0.6) is 5.75 Å². The Kier molecular flexibility index (Phi) is 9.10. The minimum Gasteiger partial charge on any atom is -0.490 e. The van der Waals surface area contributed by atoms with Crippen LogP contribution in [0.1, 0.15) is 37.6 Å². The Morgan fingerprint density at radius 2 is 1.94 bits per heavy atom. The van der Waals surface area contributed by atoms with Crippen LogP contribution in [0.2, 0.25) is 0 Å². The van der Waals surface area contributed by atoms with Crippen molar-refractivity contribution in [1.82, 2.24) is 25.4 Å². The number of hydrogen-bond acceptors (Lipinski definition) is 10. The third-order valence-electron chi connectivity index (χ3n) is 5.21. The summed E-state index contributed by atoms with van der Waals surface area (Å²) >= 11 is 0. The minimum absolute atomic E-state index is 0.00709. The number of amides is 1. The molecule has 3 aromatic rings. The van der Waals surface area contributed by atoms with E-state index in [4.69, 9.17) is 14.4 Å². The van der Waals surface area contributed by atoms with Crippen LogP contribution in [0, 0.1) is 6.92 Å². The summed E-state index contributed by atoms with van der Waals surface area (Å²) in [7, 11) is 0. The average molecular weight is 485 g/mol. The molecule has 0 saturated heterocycles. The van der Waals surface area contributed by atoms with Gasteiger partial charge in [0.1, 0.15) is 30.8 Å². The highest BCUT2D eigenvalue weighted by Crippen LogP contribution is 2.31. The van der Waals surface area contributed by atoms with Gasteiger partial charge in [0.15, 0.2) is 0 Å². The van der Waals surface area contributed by atoms with Crippen LogP contribution in [0.3, 0.4) is 0 Å². The number of aromatic nitrogens is 4. The quantitative estimate of drug-likeness (QED) is 0.299. The summed E-state index contributed by atoms with van der Waals surface area (Å²) in [6.45, 7) is 7.95. The summed E-state index contributed by atoms with van der Waals surface area (Å²) in [5, 5.41) is 28.5. The number of aryl methyl sites for hydroxylation is 3. The highest BCUT2D eigenvalue weighted by Gasteiger charge is 2.18. The Hall–Kier alpha value is -3.57. The first kappa shape index (κ1) is 26.0. The van der Waals surface area contributed by atoms with Crippen molar-refractivity contribution in [3.63, 3.8) is 0 Å². The van der Waals surface area contributed by atoms with E-state index in [1.165, 1.54) is 0 Å². The largest absolute Gasteiger partial charge is 0.490 e. The van der Waals surface area contributed by atoms with Crippen molar-refractivity contribution in [2.45, 2.75) is 46.6 Å². The maximum Gasteiger partial charge on any atom is 0.277 e. The molecule has 11 nitrogen and oxygen atoms in total. The first-order valence-electron chi connectivity index (χ1n) is 11.7. The topological polar surface area (TPSA) is 156 Å². The lowest BCUT2D eigenvalue weighted by Gasteiger charge is -2.17. The van der Waals surface area contributed by atoms with Gasteiger partial charge in [-0.05, 0) is 56.0 Å². The van der Waals surface area contributed by atoms with E-state index >= 15 is 0 Å². The van der Waals surface area contributed by atoms with Crippen LogP contribution in [0.15, 0.2) is 22.7 Å². The van der Waals surface area contributed by atoms with Crippen molar-refractivity contribution >= 4 is 11.9 Å². The lowest BCUT2D eigenvalue weighted by molar-refractivity contribution is -0.124. The predicted molar refractivity (Wildman–Crippen MR) is 130 cm³/mol. The second-order valence-corrected chi connectivity index (χ2v) is 7.94. The predicted octanol–water partition coefficient (Wildman–Crippen LogP) is 1.91. The molecule has 1 unspecified atom stereocenters. The molecule has 3 rings (SSSR count). The first-order chi connectivity index (χ1) is 16.9. The number of carbonyl (C=O) groups excluding carboxylic acids is 1. The number of ether oxygens (including phenoxy) is 1. The fraction of sp³-hybridized carbons (Fsp3) is 0.458. The number of nitrogens with one attached hydrogen (secondary N) is 2. The van der Waals surface area contributed by atoms with E-state index in [-0.39, 0.29) is 13.2 Å². The third kappa shape index (κ3) is 6.74. The zero-order valence-electron chi connectivity index (χ0n) is 20.5.